The Labute approximate surface area is 126 Å². The van der Waals surface area contributed by atoms with Crippen LogP contribution in [0, 0.1) is 0 Å². The molecule has 0 nitrogen and oxygen atoms in total. The van der Waals surface area contributed by atoms with Crippen molar-refractivity contribution in [2.75, 3.05) is 11.5 Å². The van der Waals surface area contributed by atoms with Crippen LogP contribution < -0.4 is 0 Å². The highest BCUT2D eigenvalue weighted by atomic mass is 33.8. The van der Waals surface area contributed by atoms with E-state index >= 15 is 0 Å². The second kappa shape index (κ2) is 14.2. The molecular weight excluding hydrogens is 304 g/mol. The van der Waals surface area contributed by atoms with Gasteiger partial charge in [-0.15, -0.1) is 0 Å². The van der Waals surface area contributed by atoms with Crippen LogP contribution in [0.25, 0.3) is 0 Å². The zero-order valence-electron chi connectivity index (χ0n) is 10.5. The third kappa shape index (κ3) is 12.5. The monoisotopic (exact) mass is 328 g/mol. The van der Waals surface area contributed by atoms with Crippen LogP contribution >= 0.6 is 51.1 Å². The van der Waals surface area contributed by atoms with Crippen molar-refractivity contribution in [3.05, 3.63) is 0 Å². The maximum absolute atomic E-state index is 2.04. The molecule has 0 aromatic rings. The first-order valence-electron chi connectivity index (χ1n) is 6.74. The normalized spacial score (nSPS) is 24.0. The van der Waals surface area contributed by atoms with Crippen molar-refractivity contribution >= 4 is 51.1 Å². The molecule has 5 heteroatoms. The lowest BCUT2D eigenvalue weighted by Gasteiger charge is -2.01. The minimum absolute atomic E-state index is 1.34. The van der Waals surface area contributed by atoms with E-state index in [1.54, 1.807) is 0 Å². The summed E-state index contributed by atoms with van der Waals surface area (Å²) in [5.41, 5.74) is 0. The Morgan fingerprint density at radius 2 is 0.706 bits per heavy atom. The lowest BCUT2D eigenvalue weighted by Crippen LogP contribution is -1.83. The summed E-state index contributed by atoms with van der Waals surface area (Å²) in [4.78, 5) is 0. The molecule has 0 radical (unpaired) electrons. The minimum atomic E-state index is 1.34. The van der Waals surface area contributed by atoms with Crippen LogP contribution in [0.2, 0.25) is 0 Å². The van der Waals surface area contributed by atoms with E-state index in [4.69, 9.17) is 0 Å². The highest BCUT2D eigenvalue weighted by molar-refractivity contribution is 9.35. The molecule has 1 fully saturated rings. The minimum Gasteiger partial charge on any atom is -0.0817 e. The summed E-state index contributed by atoms with van der Waals surface area (Å²) in [6, 6.07) is 0. The van der Waals surface area contributed by atoms with Gasteiger partial charge in [-0.25, -0.2) is 0 Å². The molecule has 1 aliphatic rings. The molecular formula is C12H24S5. The first kappa shape index (κ1) is 16.8. The van der Waals surface area contributed by atoms with E-state index in [-0.39, 0.29) is 0 Å². The van der Waals surface area contributed by atoms with Gasteiger partial charge in [-0.05, 0) is 42.3 Å². The lowest BCUT2D eigenvalue weighted by atomic mass is 10.1. The largest absolute Gasteiger partial charge is 0.0817 e. The van der Waals surface area contributed by atoms with Crippen LogP contribution in [-0.4, -0.2) is 11.5 Å². The Morgan fingerprint density at radius 1 is 0.353 bits per heavy atom. The van der Waals surface area contributed by atoms with E-state index in [1.807, 2.05) is 51.1 Å². The molecule has 1 aliphatic heterocycles. The second-order valence-electron chi connectivity index (χ2n) is 4.38. The lowest BCUT2D eigenvalue weighted by molar-refractivity contribution is 0.564. The van der Waals surface area contributed by atoms with Crippen LogP contribution in [-0.2, 0) is 0 Å². The first-order chi connectivity index (χ1) is 8.50. The molecule has 1 saturated heterocycles. The third-order valence-electron chi connectivity index (χ3n) is 2.86. The summed E-state index contributed by atoms with van der Waals surface area (Å²) >= 11 is 0. The molecule has 0 aliphatic carbocycles. The maximum Gasteiger partial charge on any atom is 0.00454 e. The van der Waals surface area contributed by atoms with Gasteiger partial charge in [0.2, 0.25) is 0 Å². The predicted molar refractivity (Wildman–Crippen MR) is 93.9 cm³/mol. The maximum atomic E-state index is 2.04. The van der Waals surface area contributed by atoms with Gasteiger partial charge in [0.25, 0.3) is 0 Å². The highest BCUT2D eigenvalue weighted by Crippen LogP contribution is 2.48. The second-order valence-corrected chi connectivity index (χ2v) is 12.4. The zero-order valence-corrected chi connectivity index (χ0v) is 14.6. The van der Waals surface area contributed by atoms with Gasteiger partial charge in [-0.2, -0.15) is 0 Å². The van der Waals surface area contributed by atoms with Gasteiger partial charge in [0.05, 0.1) is 0 Å². The standard InChI is InChI=1S/C12H24S5/c1-2-4-6-8-10-12-14-16-17-15-13-11-9-7-5-3-1/h1-12H2. The highest BCUT2D eigenvalue weighted by Gasteiger charge is 1.97. The Morgan fingerprint density at radius 3 is 1.12 bits per heavy atom. The Balaban J connectivity index is 2.01. The van der Waals surface area contributed by atoms with Gasteiger partial charge < -0.3 is 0 Å². The van der Waals surface area contributed by atoms with Gasteiger partial charge in [-0.1, -0.05) is 73.0 Å². The van der Waals surface area contributed by atoms with Gasteiger partial charge in [-0.3, -0.25) is 0 Å². The van der Waals surface area contributed by atoms with Crippen molar-refractivity contribution < 1.29 is 0 Å². The average molecular weight is 329 g/mol. The molecule has 0 unspecified atom stereocenters. The van der Waals surface area contributed by atoms with Crippen LogP contribution in [0.15, 0.2) is 0 Å². The van der Waals surface area contributed by atoms with Crippen LogP contribution in [0.4, 0.5) is 0 Å². The van der Waals surface area contributed by atoms with Crippen molar-refractivity contribution in [1.82, 2.24) is 0 Å². The first-order valence-corrected chi connectivity index (χ1v) is 13.2. The molecule has 17 heavy (non-hydrogen) atoms. The van der Waals surface area contributed by atoms with Crippen molar-refractivity contribution in [3.8, 4) is 0 Å². The summed E-state index contributed by atoms with van der Waals surface area (Å²) in [6.45, 7) is 0. The number of hydrogen-bond donors (Lipinski definition) is 0. The molecule has 0 atom stereocenters. The fraction of sp³-hybridized carbons (Fsp3) is 1.00. The summed E-state index contributed by atoms with van der Waals surface area (Å²) < 4.78 is 0. The molecule has 0 aromatic heterocycles. The smallest absolute Gasteiger partial charge is 0.00454 e. The van der Waals surface area contributed by atoms with Crippen LogP contribution in [0.1, 0.15) is 64.2 Å². The van der Waals surface area contributed by atoms with E-state index in [9.17, 15) is 0 Å². The van der Waals surface area contributed by atoms with Crippen molar-refractivity contribution in [2.24, 2.45) is 0 Å². The molecule has 0 bridgehead atoms. The van der Waals surface area contributed by atoms with E-state index in [0.717, 1.165) is 0 Å². The van der Waals surface area contributed by atoms with E-state index in [0.29, 0.717) is 0 Å². The van der Waals surface area contributed by atoms with Gasteiger partial charge in [0.15, 0.2) is 0 Å². The van der Waals surface area contributed by atoms with Gasteiger partial charge in [0, 0.05) is 11.5 Å². The molecule has 1 rings (SSSR count). The van der Waals surface area contributed by atoms with E-state index in [1.165, 1.54) is 75.7 Å². The summed E-state index contributed by atoms with van der Waals surface area (Å²) in [5, 5.41) is 0. The molecule has 0 saturated carbocycles. The summed E-state index contributed by atoms with van der Waals surface area (Å²) in [7, 11) is 9.97. The van der Waals surface area contributed by atoms with Gasteiger partial charge >= 0.3 is 0 Å². The summed E-state index contributed by atoms with van der Waals surface area (Å²) in [6.07, 6.45) is 14.5. The van der Waals surface area contributed by atoms with Crippen molar-refractivity contribution in [2.45, 2.75) is 64.2 Å². The molecule has 0 spiro atoms. The van der Waals surface area contributed by atoms with E-state index < -0.39 is 0 Å². The average Bonchev–Trinajstić information content (AvgIpc) is 2.35. The predicted octanol–water partition coefficient (Wildman–Crippen LogP) is 7.23. The summed E-state index contributed by atoms with van der Waals surface area (Å²) in [5.74, 6) is 2.67. The number of rotatable bonds is 0. The third-order valence-corrected chi connectivity index (χ3v) is 11.7. The quantitative estimate of drug-likeness (QED) is 0.429. The Bertz CT molecular complexity index is 84.3. The SMILES string of the molecule is C1CCCCCCSSSSSCCCCC1. The topological polar surface area (TPSA) is 0 Å². The van der Waals surface area contributed by atoms with E-state index in [2.05, 4.69) is 0 Å². The molecule has 0 N–H and O–H groups in total. The zero-order chi connectivity index (χ0) is 12.0. The fourth-order valence-corrected chi connectivity index (χ4v) is 10.9. The van der Waals surface area contributed by atoms with Crippen molar-refractivity contribution in [3.63, 3.8) is 0 Å². The van der Waals surface area contributed by atoms with Crippen LogP contribution in [0.3, 0.4) is 0 Å². The van der Waals surface area contributed by atoms with Crippen molar-refractivity contribution in [1.29, 1.82) is 0 Å². The number of hydrogen-bond acceptors (Lipinski definition) is 5. The van der Waals surface area contributed by atoms with Crippen LogP contribution in [0.5, 0.6) is 0 Å². The molecule has 0 amide bonds. The molecule has 0 aromatic carbocycles. The molecule has 102 valence electrons. The Hall–Kier alpha value is 1.75. The van der Waals surface area contributed by atoms with Gasteiger partial charge in [0.1, 0.15) is 0 Å². The fourth-order valence-electron chi connectivity index (χ4n) is 1.85. The Kier molecular flexibility index (Phi) is 14.0. The molecule has 1 heterocycles.